The molecule has 2 nitrogen and oxygen atoms in total. The molecule has 0 aliphatic carbocycles. The van der Waals surface area contributed by atoms with Gasteiger partial charge in [0.15, 0.2) is 0 Å². The van der Waals surface area contributed by atoms with Crippen LogP contribution >= 0.6 is 0 Å². The molecule has 2 aromatic heterocycles. The molecule has 0 unspecified atom stereocenters. The predicted molar refractivity (Wildman–Crippen MR) is 183 cm³/mol. The molecule has 0 N–H and O–H groups in total. The first-order valence-corrected chi connectivity index (χ1v) is 14.9. The average molecular weight is 563 g/mol. The van der Waals surface area contributed by atoms with Gasteiger partial charge in [0.25, 0.3) is 0 Å². The first-order chi connectivity index (χ1) is 21.8. The molecule has 2 heteroatoms. The fraction of sp³-hybridized carbons (Fsp3) is 0. The Bertz CT molecular complexity index is 2460. The Morgan fingerprint density at radius 2 is 0.773 bits per heavy atom. The molecule has 9 rings (SSSR count). The van der Waals surface area contributed by atoms with Crippen molar-refractivity contribution < 1.29 is 8.83 Å². The van der Waals surface area contributed by atoms with Crippen molar-refractivity contribution in [2.24, 2.45) is 0 Å². The maximum Gasteiger partial charge on any atom is 0.143 e. The van der Waals surface area contributed by atoms with Gasteiger partial charge in [0, 0.05) is 27.1 Å². The van der Waals surface area contributed by atoms with E-state index in [1.54, 1.807) is 0 Å². The van der Waals surface area contributed by atoms with Crippen molar-refractivity contribution in [3.8, 4) is 44.5 Å². The van der Waals surface area contributed by atoms with Crippen molar-refractivity contribution in [3.63, 3.8) is 0 Å². The number of rotatable bonds is 4. The van der Waals surface area contributed by atoms with Gasteiger partial charge >= 0.3 is 0 Å². The van der Waals surface area contributed by atoms with Crippen LogP contribution in [-0.4, -0.2) is 0 Å². The Hall–Kier alpha value is -5.86. The van der Waals surface area contributed by atoms with Crippen LogP contribution in [0.2, 0.25) is 0 Å². The maximum atomic E-state index is 6.68. The Kier molecular flexibility index (Phi) is 5.54. The van der Waals surface area contributed by atoms with E-state index < -0.39 is 0 Å². The molecule has 0 aliphatic heterocycles. The van der Waals surface area contributed by atoms with Gasteiger partial charge in [0.2, 0.25) is 0 Å². The fourth-order valence-electron chi connectivity index (χ4n) is 6.48. The quantitative estimate of drug-likeness (QED) is 0.213. The molecule has 2 heterocycles. The highest BCUT2D eigenvalue weighted by Crippen LogP contribution is 2.41. The summed E-state index contributed by atoms with van der Waals surface area (Å²) in [6, 6.07) is 55.6. The summed E-state index contributed by atoms with van der Waals surface area (Å²) < 4.78 is 12.9. The van der Waals surface area contributed by atoms with Gasteiger partial charge < -0.3 is 8.83 Å². The molecule has 0 amide bonds. The standard InChI is InChI=1S/C42H26O2/c1-3-10-27(11-4-1)29-18-20-30(21-19-29)32-22-31(28-12-5-2-6-13-28)23-33(24-32)34-15-9-16-36-38-26-40-37(25-41(38)44-42(34)36)35-14-7-8-17-39(35)43-40/h1-26H. The molecule has 9 aromatic rings. The molecule has 0 aliphatic rings. The number of benzene rings is 7. The third-order valence-electron chi connectivity index (χ3n) is 8.67. The molecule has 44 heavy (non-hydrogen) atoms. The van der Waals surface area contributed by atoms with Crippen LogP contribution in [0.3, 0.4) is 0 Å². The molecule has 0 spiro atoms. The van der Waals surface area contributed by atoms with Crippen LogP contribution in [0, 0.1) is 0 Å². The van der Waals surface area contributed by atoms with Gasteiger partial charge in [-0.2, -0.15) is 0 Å². The zero-order chi connectivity index (χ0) is 29.0. The van der Waals surface area contributed by atoms with Crippen molar-refractivity contribution in [2.45, 2.75) is 0 Å². The summed E-state index contributed by atoms with van der Waals surface area (Å²) in [5, 5.41) is 4.31. The zero-order valence-corrected chi connectivity index (χ0v) is 23.8. The van der Waals surface area contributed by atoms with Crippen molar-refractivity contribution in [1.29, 1.82) is 0 Å². The minimum absolute atomic E-state index is 0.863. The number of fused-ring (bicyclic) bond motifs is 6. The van der Waals surface area contributed by atoms with Crippen LogP contribution in [0.25, 0.3) is 88.4 Å². The Labute approximate surface area is 254 Å². The van der Waals surface area contributed by atoms with E-state index in [0.29, 0.717) is 0 Å². The van der Waals surface area contributed by atoms with Crippen LogP contribution in [0.15, 0.2) is 167 Å². The first kappa shape index (κ1) is 24.7. The fourth-order valence-corrected chi connectivity index (χ4v) is 6.48. The Morgan fingerprint density at radius 1 is 0.273 bits per heavy atom. The second-order valence-corrected chi connectivity index (χ2v) is 11.3. The largest absolute Gasteiger partial charge is 0.456 e. The Morgan fingerprint density at radius 3 is 1.48 bits per heavy atom. The summed E-state index contributed by atoms with van der Waals surface area (Å²) in [5.74, 6) is 0. The lowest BCUT2D eigenvalue weighted by atomic mass is 9.92. The highest BCUT2D eigenvalue weighted by molar-refractivity contribution is 6.16. The Balaban J connectivity index is 1.23. The number of para-hydroxylation sites is 2. The van der Waals surface area contributed by atoms with Gasteiger partial charge in [-0.3, -0.25) is 0 Å². The maximum absolute atomic E-state index is 6.68. The SMILES string of the molecule is c1ccc(-c2ccc(-c3cc(-c4ccccc4)cc(-c4cccc5c4oc4cc6c(cc45)oc4ccccc46)c3)cc2)cc1. The predicted octanol–water partition coefficient (Wildman–Crippen LogP) is 12.2. The van der Waals surface area contributed by atoms with Gasteiger partial charge in [-0.25, -0.2) is 0 Å². The normalized spacial score (nSPS) is 11.6. The summed E-state index contributed by atoms with van der Waals surface area (Å²) in [5.41, 5.74) is 12.8. The first-order valence-electron chi connectivity index (χ1n) is 14.9. The van der Waals surface area contributed by atoms with Crippen molar-refractivity contribution in [1.82, 2.24) is 0 Å². The van der Waals surface area contributed by atoms with E-state index in [1.807, 2.05) is 18.2 Å². The molecule has 0 bridgehead atoms. The highest BCUT2D eigenvalue weighted by atomic mass is 16.3. The van der Waals surface area contributed by atoms with Gasteiger partial charge in [0.05, 0.1) is 0 Å². The van der Waals surface area contributed by atoms with E-state index in [2.05, 4.69) is 140 Å². The average Bonchev–Trinajstić information content (AvgIpc) is 3.65. The van der Waals surface area contributed by atoms with Crippen LogP contribution in [0.5, 0.6) is 0 Å². The second-order valence-electron chi connectivity index (χ2n) is 11.3. The van der Waals surface area contributed by atoms with Gasteiger partial charge in [-0.1, -0.05) is 121 Å². The minimum atomic E-state index is 0.863. The number of hydrogen-bond acceptors (Lipinski definition) is 2. The summed E-state index contributed by atoms with van der Waals surface area (Å²) in [6.45, 7) is 0. The minimum Gasteiger partial charge on any atom is -0.456 e. The highest BCUT2D eigenvalue weighted by Gasteiger charge is 2.17. The summed E-state index contributed by atoms with van der Waals surface area (Å²) in [7, 11) is 0. The molecule has 0 radical (unpaired) electrons. The van der Waals surface area contributed by atoms with Crippen LogP contribution in [-0.2, 0) is 0 Å². The lowest BCUT2D eigenvalue weighted by Gasteiger charge is -2.12. The molecule has 7 aromatic carbocycles. The molecule has 0 saturated heterocycles. The van der Waals surface area contributed by atoms with Gasteiger partial charge in [0.1, 0.15) is 22.3 Å². The lowest BCUT2D eigenvalue weighted by Crippen LogP contribution is -1.87. The van der Waals surface area contributed by atoms with E-state index in [1.165, 1.54) is 27.8 Å². The molecular formula is C42H26O2. The second kappa shape index (κ2) is 9.86. The molecular weight excluding hydrogens is 536 g/mol. The smallest absolute Gasteiger partial charge is 0.143 e. The summed E-state index contributed by atoms with van der Waals surface area (Å²) in [6.07, 6.45) is 0. The van der Waals surface area contributed by atoms with Crippen molar-refractivity contribution >= 4 is 43.9 Å². The molecule has 0 saturated carbocycles. The number of furan rings is 2. The number of hydrogen-bond donors (Lipinski definition) is 0. The van der Waals surface area contributed by atoms with E-state index in [0.717, 1.165) is 60.6 Å². The van der Waals surface area contributed by atoms with Gasteiger partial charge in [-0.05, 0) is 75.3 Å². The molecule has 0 fully saturated rings. The monoisotopic (exact) mass is 562 g/mol. The van der Waals surface area contributed by atoms with Crippen LogP contribution < -0.4 is 0 Å². The third-order valence-corrected chi connectivity index (χ3v) is 8.67. The van der Waals surface area contributed by atoms with E-state index in [-0.39, 0.29) is 0 Å². The third kappa shape index (κ3) is 4.04. The van der Waals surface area contributed by atoms with Crippen LogP contribution in [0.1, 0.15) is 0 Å². The van der Waals surface area contributed by atoms with Crippen molar-refractivity contribution in [3.05, 3.63) is 158 Å². The van der Waals surface area contributed by atoms with E-state index >= 15 is 0 Å². The summed E-state index contributed by atoms with van der Waals surface area (Å²) >= 11 is 0. The van der Waals surface area contributed by atoms with E-state index in [4.69, 9.17) is 8.83 Å². The van der Waals surface area contributed by atoms with Gasteiger partial charge in [-0.15, -0.1) is 0 Å². The van der Waals surface area contributed by atoms with Crippen LogP contribution in [0.4, 0.5) is 0 Å². The topological polar surface area (TPSA) is 26.3 Å². The molecule has 0 atom stereocenters. The van der Waals surface area contributed by atoms with E-state index in [9.17, 15) is 0 Å². The zero-order valence-electron chi connectivity index (χ0n) is 23.8. The molecule has 206 valence electrons. The summed E-state index contributed by atoms with van der Waals surface area (Å²) in [4.78, 5) is 0. The lowest BCUT2D eigenvalue weighted by molar-refractivity contribution is 0.664. The van der Waals surface area contributed by atoms with Crippen molar-refractivity contribution in [2.75, 3.05) is 0 Å².